The summed E-state index contributed by atoms with van der Waals surface area (Å²) in [5.41, 5.74) is -0.0343. The minimum absolute atomic E-state index is 0.403. The van der Waals surface area contributed by atoms with Crippen molar-refractivity contribution in [2.75, 3.05) is 6.54 Å². The van der Waals surface area contributed by atoms with Crippen LogP contribution in [-0.2, 0) is 10.0 Å². The Bertz CT molecular complexity index is 249. The Kier molecular flexibility index (Phi) is 4.14. The third kappa shape index (κ3) is 3.92. The molecule has 0 spiro atoms. The summed E-state index contributed by atoms with van der Waals surface area (Å²) in [4.78, 5) is 0. The molecule has 0 heterocycles. The summed E-state index contributed by atoms with van der Waals surface area (Å²) in [5, 5.41) is 0. The van der Waals surface area contributed by atoms with Gasteiger partial charge in [0, 0.05) is 12.6 Å². The van der Waals surface area contributed by atoms with E-state index in [4.69, 9.17) is 5.73 Å². The Morgan fingerprint density at radius 1 is 1.46 bits per heavy atom. The van der Waals surface area contributed by atoms with Gasteiger partial charge in [0.15, 0.2) is 0 Å². The number of nitrogens with one attached hydrogen (secondary N) is 1. The van der Waals surface area contributed by atoms with Crippen molar-refractivity contribution in [2.45, 2.75) is 24.9 Å². The van der Waals surface area contributed by atoms with E-state index in [1.165, 1.54) is 4.72 Å². The second kappa shape index (κ2) is 4.25. The van der Waals surface area contributed by atoms with Crippen molar-refractivity contribution < 1.29 is 21.6 Å². The lowest BCUT2D eigenvalue weighted by molar-refractivity contribution is -0.0447. The van der Waals surface area contributed by atoms with Gasteiger partial charge in [-0.1, -0.05) is 6.92 Å². The monoisotopic (exact) mass is 220 g/mol. The lowest BCUT2D eigenvalue weighted by Gasteiger charge is -2.12. The summed E-state index contributed by atoms with van der Waals surface area (Å²) in [5.74, 6) is 0. The minimum atomic E-state index is -5.26. The fourth-order valence-electron chi connectivity index (χ4n) is 0.443. The molecule has 0 fully saturated rings. The van der Waals surface area contributed by atoms with Crippen molar-refractivity contribution in [3.8, 4) is 0 Å². The van der Waals surface area contributed by atoms with Gasteiger partial charge in [-0.3, -0.25) is 0 Å². The largest absolute Gasteiger partial charge is 0.511 e. The maximum absolute atomic E-state index is 11.7. The van der Waals surface area contributed by atoms with Crippen LogP contribution >= 0.6 is 0 Å². The molecule has 8 heteroatoms. The molecule has 0 aliphatic carbocycles. The number of sulfonamides is 1. The average Bonchev–Trinajstić information content (AvgIpc) is 1.98. The van der Waals surface area contributed by atoms with Gasteiger partial charge >= 0.3 is 15.5 Å². The predicted octanol–water partition coefficient (Wildman–Crippen LogP) is 0.163. The van der Waals surface area contributed by atoms with Crippen molar-refractivity contribution in [2.24, 2.45) is 5.73 Å². The first-order valence-electron chi connectivity index (χ1n) is 3.52. The second-order valence-corrected chi connectivity index (χ2v) is 4.22. The van der Waals surface area contributed by atoms with Gasteiger partial charge in [0.25, 0.3) is 0 Å². The van der Waals surface area contributed by atoms with Crippen molar-refractivity contribution in [1.29, 1.82) is 0 Å². The normalized spacial score (nSPS) is 15.8. The van der Waals surface area contributed by atoms with E-state index in [-0.39, 0.29) is 0 Å². The topological polar surface area (TPSA) is 72.2 Å². The Morgan fingerprint density at radius 2 is 1.92 bits per heavy atom. The van der Waals surface area contributed by atoms with Crippen LogP contribution in [0.1, 0.15) is 13.3 Å². The number of rotatable bonds is 4. The molecule has 0 saturated carbocycles. The Balaban J connectivity index is 4.22. The zero-order valence-electron chi connectivity index (χ0n) is 6.93. The number of hydrogen-bond donors (Lipinski definition) is 2. The predicted molar refractivity (Wildman–Crippen MR) is 41.2 cm³/mol. The van der Waals surface area contributed by atoms with Crippen LogP contribution < -0.4 is 10.5 Å². The molecule has 0 aliphatic rings. The smallest absolute Gasteiger partial charge is 0.327 e. The van der Waals surface area contributed by atoms with E-state index in [2.05, 4.69) is 0 Å². The molecule has 0 aromatic rings. The fraction of sp³-hybridized carbons (Fsp3) is 1.00. The van der Waals surface area contributed by atoms with Crippen LogP contribution in [0.5, 0.6) is 0 Å². The van der Waals surface area contributed by atoms with E-state index in [1.54, 1.807) is 6.92 Å². The van der Waals surface area contributed by atoms with Crippen LogP contribution in [0.3, 0.4) is 0 Å². The van der Waals surface area contributed by atoms with Gasteiger partial charge in [-0.2, -0.15) is 13.2 Å². The summed E-state index contributed by atoms with van der Waals surface area (Å²) in [7, 11) is -5.23. The molecule has 1 atom stereocenters. The SMILES string of the molecule is CCC(N)CNS(=O)(=O)C(F)(F)F. The zero-order valence-corrected chi connectivity index (χ0v) is 7.74. The van der Waals surface area contributed by atoms with Gasteiger partial charge in [-0.25, -0.2) is 13.1 Å². The van der Waals surface area contributed by atoms with E-state index in [1.807, 2.05) is 0 Å². The van der Waals surface area contributed by atoms with E-state index >= 15 is 0 Å². The van der Waals surface area contributed by atoms with Gasteiger partial charge in [0.2, 0.25) is 0 Å². The van der Waals surface area contributed by atoms with E-state index in [0.29, 0.717) is 6.42 Å². The van der Waals surface area contributed by atoms with E-state index in [0.717, 1.165) is 0 Å². The zero-order chi connectivity index (χ0) is 10.7. The molecule has 80 valence electrons. The summed E-state index contributed by atoms with van der Waals surface area (Å²) in [6.45, 7) is 1.24. The molecule has 4 nitrogen and oxygen atoms in total. The van der Waals surface area contributed by atoms with Crippen molar-refractivity contribution in [3.63, 3.8) is 0 Å². The van der Waals surface area contributed by atoms with Gasteiger partial charge in [-0.15, -0.1) is 0 Å². The van der Waals surface area contributed by atoms with E-state index in [9.17, 15) is 21.6 Å². The number of halogens is 3. The number of nitrogens with two attached hydrogens (primary N) is 1. The maximum Gasteiger partial charge on any atom is 0.511 e. The molecule has 0 amide bonds. The summed E-state index contributed by atoms with van der Waals surface area (Å²) in [6.07, 6.45) is 0.403. The second-order valence-electron chi connectivity index (χ2n) is 2.47. The fourth-order valence-corrected chi connectivity index (χ4v) is 1.04. The quantitative estimate of drug-likeness (QED) is 0.709. The molecule has 0 radical (unpaired) electrons. The first-order valence-corrected chi connectivity index (χ1v) is 5.00. The van der Waals surface area contributed by atoms with Crippen LogP contribution in [0.4, 0.5) is 13.2 Å². The lowest BCUT2D eigenvalue weighted by Crippen LogP contribution is -2.42. The van der Waals surface area contributed by atoms with Gasteiger partial charge in [0.05, 0.1) is 0 Å². The standard InChI is InChI=1S/C5H11F3N2O2S/c1-2-4(9)3-10-13(11,12)5(6,7)8/h4,10H,2-3,9H2,1H3. The number of hydrogen-bond acceptors (Lipinski definition) is 3. The highest BCUT2D eigenvalue weighted by Gasteiger charge is 2.45. The Morgan fingerprint density at radius 3 is 2.23 bits per heavy atom. The molecular weight excluding hydrogens is 209 g/mol. The molecule has 0 saturated heterocycles. The van der Waals surface area contributed by atoms with E-state index < -0.39 is 28.1 Å². The van der Waals surface area contributed by atoms with Gasteiger partial charge < -0.3 is 5.73 Å². The molecule has 1 unspecified atom stereocenters. The van der Waals surface area contributed by atoms with Crippen molar-refractivity contribution in [1.82, 2.24) is 4.72 Å². The van der Waals surface area contributed by atoms with Gasteiger partial charge in [-0.05, 0) is 6.42 Å². The molecular formula is C5H11F3N2O2S. The van der Waals surface area contributed by atoms with Crippen molar-refractivity contribution in [3.05, 3.63) is 0 Å². The average molecular weight is 220 g/mol. The van der Waals surface area contributed by atoms with Crippen LogP contribution in [0.15, 0.2) is 0 Å². The van der Waals surface area contributed by atoms with Gasteiger partial charge in [0.1, 0.15) is 0 Å². The minimum Gasteiger partial charge on any atom is -0.327 e. The van der Waals surface area contributed by atoms with Crippen LogP contribution in [0.2, 0.25) is 0 Å². The van der Waals surface area contributed by atoms with Crippen LogP contribution in [0, 0.1) is 0 Å². The maximum atomic E-state index is 11.7. The highest BCUT2D eigenvalue weighted by atomic mass is 32.2. The molecule has 0 aliphatic heterocycles. The Hall–Kier alpha value is -0.340. The van der Waals surface area contributed by atoms with Crippen molar-refractivity contribution >= 4 is 10.0 Å². The van der Waals surface area contributed by atoms with Crippen LogP contribution in [0.25, 0.3) is 0 Å². The summed E-state index contributed by atoms with van der Waals surface area (Å²) in [6, 6.07) is -0.600. The summed E-state index contributed by atoms with van der Waals surface area (Å²) < 4.78 is 57.2. The molecule has 13 heavy (non-hydrogen) atoms. The molecule has 0 bridgehead atoms. The summed E-state index contributed by atoms with van der Waals surface area (Å²) >= 11 is 0. The first-order chi connectivity index (χ1) is 5.70. The first kappa shape index (κ1) is 12.7. The molecule has 0 aromatic carbocycles. The third-order valence-electron chi connectivity index (χ3n) is 1.36. The Labute approximate surface area is 74.3 Å². The van der Waals surface area contributed by atoms with Crippen LogP contribution in [-0.4, -0.2) is 26.5 Å². The molecule has 0 aromatic heterocycles. The molecule has 0 rings (SSSR count). The highest BCUT2D eigenvalue weighted by Crippen LogP contribution is 2.21. The highest BCUT2D eigenvalue weighted by molar-refractivity contribution is 7.90. The number of alkyl halides is 3. The third-order valence-corrected chi connectivity index (χ3v) is 2.52. The lowest BCUT2D eigenvalue weighted by atomic mass is 10.2. The molecule has 3 N–H and O–H groups in total.